The van der Waals surface area contributed by atoms with Gasteiger partial charge < -0.3 is 14.6 Å². The zero-order valence-electron chi connectivity index (χ0n) is 12.4. The number of carbonyl (C=O) groups is 1. The van der Waals surface area contributed by atoms with Crippen LogP contribution < -0.4 is 0 Å². The number of epoxide rings is 1. The van der Waals surface area contributed by atoms with E-state index in [1.165, 1.54) is 44.9 Å². The van der Waals surface area contributed by atoms with Gasteiger partial charge in [0.15, 0.2) is 5.60 Å². The second-order valence-electron chi connectivity index (χ2n) is 6.33. The highest BCUT2D eigenvalue weighted by Crippen LogP contribution is 2.32. The molecule has 1 aliphatic carbocycles. The summed E-state index contributed by atoms with van der Waals surface area (Å²) in [5, 5.41) is 8.97. The van der Waals surface area contributed by atoms with E-state index in [1.807, 2.05) is 0 Å². The number of hydrogen-bond acceptors (Lipinski definition) is 3. The van der Waals surface area contributed by atoms with Gasteiger partial charge in [0.2, 0.25) is 0 Å². The molecule has 1 saturated heterocycles. The number of hydrogen-bond donors (Lipinski definition) is 1. The van der Waals surface area contributed by atoms with Crippen molar-refractivity contribution in [1.29, 1.82) is 0 Å². The quantitative estimate of drug-likeness (QED) is 0.548. The Kier molecular flexibility index (Phi) is 6.30. The smallest absolute Gasteiger partial charge is 0.338 e. The Labute approximate surface area is 121 Å². The van der Waals surface area contributed by atoms with Crippen molar-refractivity contribution in [2.75, 3.05) is 19.8 Å². The summed E-state index contributed by atoms with van der Waals surface area (Å²) >= 11 is 0. The van der Waals surface area contributed by atoms with Crippen LogP contribution in [0.2, 0.25) is 0 Å². The Hall–Kier alpha value is -0.610. The summed E-state index contributed by atoms with van der Waals surface area (Å²) in [4.78, 5) is 10.9. The molecular formula is C16H28O4. The molecule has 0 radical (unpaired) electrons. The van der Waals surface area contributed by atoms with Gasteiger partial charge in [0, 0.05) is 13.2 Å². The first-order valence-electron chi connectivity index (χ1n) is 8.18. The second kappa shape index (κ2) is 7.99. The number of carboxylic acids is 1. The summed E-state index contributed by atoms with van der Waals surface area (Å²) in [5.41, 5.74) is -0.848. The van der Waals surface area contributed by atoms with Gasteiger partial charge in [0.05, 0.1) is 6.61 Å². The number of unbranched alkanes of at least 4 members (excludes halogenated alkanes) is 1. The lowest BCUT2D eigenvalue weighted by molar-refractivity contribution is -0.143. The molecule has 1 unspecified atom stereocenters. The van der Waals surface area contributed by atoms with E-state index in [0.29, 0.717) is 13.0 Å². The van der Waals surface area contributed by atoms with E-state index in [9.17, 15) is 4.79 Å². The van der Waals surface area contributed by atoms with Crippen molar-refractivity contribution in [3.8, 4) is 0 Å². The summed E-state index contributed by atoms with van der Waals surface area (Å²) in [5.74, 6) is -0.0691. The monoisotopic (exact) mass is 284 g/mol. The first-order chi connectivity index (χ1) is 9.73. The normalized spacial score (nSPS) is 27.8. The number of carboxylic acid groups (broad SMARTS) is 1. The largest absolute Gasteiger partial charge is 0.479 e. The first-order valence-corrected chi connectivity index (χ1v) is 8.18. The van der Waals surface area contributed by atoms with Crippen LogP contribution in [0.3, 0.4) is 0 Å². The molecule has 0 aromatic rings. The lowest BCUT2D eigenvalue weighted by Crippen LogP contribution is -2.23. The molecule has 1 saturated carbocycles. The second-order valence-corrected chi connectivity index (χ2v) is 6.33. The molecule has 2 rings (SSSR count). The van der Waals surface area contributed by atoms with Crippen LogP contribution in [0.5, 0.6) is 0 Å². The van der Waals surface area contributed by atoms with Gasteiger partial charge in [0.1, 0.15) is 0 Å². The maximum atomic E-state index is 10.9. The zero-order chi connectivity index (χ0) is 14.3. The van der Waals surface area contributed by atoms with Gasteiger partial charge in [0.25, 0.3) is 0 Å². The number of aliphatic carboxylic acids is 1. The fourth-order valence-electron chi connectivity index (χ4n) is 3.03. The molecule has 0 amide bonds. The average Bonchev–Trinajstić information content (AvgIpc) is 3.16. The molecule has 1 N–H and O–H groups in total. The molecule has 1 aliphatic heterocycles. The van der Waals surface area contributed by atoms with Crippen molar-refractivity contribution in [1.82, 2.24) is 0 Å². The molecule has 116 valence electrons. The van der Waals surface area contributed by atoms with Crippen molar-refractivity contribution in [2.45, 2.75) is 69.8 Å². The lowest BCUT2D eigenvalue weighted by atomic mass is 9.92. The molecule has 0 spiro atoms. The average molecular weight is 284 g/mol. The van der Waals surface area contributed by atoms with E-state index in [0.717, 1.165) is 32.0 Å². The molecule has 2 fully saturated rings. The summed E-state index contributed by atoms with van der Waals surface area (Å²) in [6.45, 7) is 2.03. The third-order valence-corrected chi connectivity index (χ3v) is 4.58. The Morgan fingerprint density at radius 3 is 2.40 bits per heavy atom. The third kappa shape index (κ3) is 5.06. The molecular weight excluding hydrogens is 256 g/mol. The van der Waals surface area contributed by atoms with Gasteiger partial charge in [-0.1, -0.05) is 32.1 Å². The first kappa shape index (κ1) is 15.8. The molecule has 4 heteroatoms. The minimum absolute atomic E-state index is 0.380. The highest BCUT2D eigenvalue weighted by Gasteiger charge is 2.51. The molecule has 4 nitrogen and oxygen atoms in total. The third-order valence-electron chi connectivity index (χ3n) is 4.58. The molecule has 0 aromatic heterocycles. The van der Waals surface area contributed by atoms with Crippen LogP contribution in [0, 0.1) is 5.92 Å². The molecule has 2 aliphatic rings. The molecule has 0 aromatic carbocycles. The summed E-state index contributed by atoms with van der Waals surface area (Å²) < 4.78 is 10.8. The zero-order valence-corrected chi connectivity index (χ0v) is 12.4. The summed E-state index contributed by atoms with van der Waals surface area (Å²) in [7, 11) is 0. The van der Waals surface area contributed by atoms with Crippen molar-refractivity contribution in [2.24, 2.45) is 5.92 Å². The predicted octanol–water partition coefficient (Wildman–Crippen LogP) is 3.39. The molecule has 20 heavy (non-hydrogen) atoms. The molecule has 0 bridgehead atoms. The van der Waals surface area contributed by atoms with Crippen LogP contribution in [0.25, 0.3) is 0 Å². The van der Waals surface area contributed by atoms with E-state index in [4.69, 9.17) is 14.6 Å². The lowest BCUT2D eigenvalue weighted by Gasteiger charge is -2.19. The SMILES string of the molecule is O=C(O)C1(CCCCOCC2CCCCCCC2)CO1. The Balaban J connectivity index is 1.47. The van der Waals surface area contributed by atoms with E-state index < -0.39 is 11.6 Å². The van der Waals surface area contributed by atoms with Crippen LogP contribution in [-0.4, -0.2) is 36.5 Å². The van der Waals surface area contributed by atoms with Gasteiger partial charge in [-0.15, -0.1) is 0 Å². The number of rotatable bonds is 8. The van der Waals surface area contributed by atoms with E-state index in [1.54, 1.807) is 0 Å². The molecule has 1 heterocycles. The van der Waals surface area contributed by atoms with Gasteiger partial charge in [-0.3, -0.25) is 0 Å². The maximum Gasteiger partial charge on any atom is 0.338 e. The Morgan fingerprint density at radius 2 is 1.80 bits per heavy atom. The minimum Gasteiger partial charge on any atom is -0.479 e. The van der Waals surface area contributed by atoms with Crippen molar-refractivity contribution < 1.29 is 19.4 Å². The fourth-order valence-corrected chi connectivity index (χ4v) is 3.03. The Morgan fingerprint density at radius 1 is 1.15 bits per heavy atom. The van der Waals surface area contributed by atoms with Gasteiger partial charge in [-0.05, 0) is 38.0 Å². The number of ether oxygens (including phenoxy) is 2. The van der Waals surface area contributed by atoms with Crippen molar-refractivity contribution in [3.05, 3.63) is 0 Å². The fraction of sp³-hybridized carbons (Fsp3) is 0.938. The molecule has 1 atom stereocenters. The maximum absolute atomic E-state index is 10.9. The minimum atomic E-state index is -0.848. The summed E-state index contributed by atoms with van der Waals surface area (Å²) in [6.07, 6.45) is 11.9. The Bertz CT molecular complexity index is 291. The van der Waals surface area contributed by atoms with Crippen molar-refractivity contribution >= 4 is 5.97 Å². The van der Waals surface area contributed by atoms with Crippen LogP contribution >= 0.6 is 0 Å². The standard InChI is InChI=1S/C16H28O4/c17-15(18)16(13-20-16)10-6-7-11-19-12-14-8-4-2-1-3-5-9-14/h14H,1-13H2,(H,17,18). The van der Waals surface area contributed by atoms with Crippen LogP contribution in [0.1, 0.15) is 64.2 Å². The van der Waals surface area contributed by atoms with E-state index in [-0.39, 0.29) is 0 Å². The van der Waals surface area contributed by atoms with Crippen molar-refractivity contribution in [3.63, 3.8) is 0 Å². The highest BCUT2D eigenvalue weighted by atomic mass is 16.6. The van der Waals surface area contributed by atoms with Gasteiger partial charge in [-0.25, -0.2) is 4.79 Å². The van der Waals surface area contributed by atoms with Gasteiger partial charge in [-0.2, -0.15) is 0 Å². The predicted molar refractivity (Wildman–Crippen MR) is 76.8 cm³/mol. The van der Waals surface area contributed by atoms with Crippen LogP contribution in [0.4, 0.5) is 0 Å². The van der Waals surface area contributed by atoms with E-state index in [2.05, 4.69) is 0 Å². The topological polar surface area (TPSA) is 59.1 Å². The van der Waals surface area contributed by atoms with Crippen LogP contribution in [0.15, 0.2) is 0 Å². The highest BCUT2D eigenvalue weighted by molar-refractivity contribution is 5.80. The van der Waals surface area contributed by atoms with E-state index >= 15 is 0 Å². The summed E-state index contributed by atoms with van der Waals surface area (Å²) in [6, 6.07) is 0. The van der Waals surface area contributed by atoms with Gasteiger partial charge >= 0.3 is 5.97 Å². The van der Waals surface area contributed by atoms with Crippen LogP contribution in [-0.2, 0) is 14.3 Å².